The zero-order valence-electron chi connectivity index (χ0n) is 11.1. The number of aromatic nitrogens is 2. The second kappa shape index (κ2) is 5.37. The minimum atomic E-state index is -0.415. The number of benzene rings is 1. The molecule has 0 aliphatic heterocycles. The number of rotatable bonds is 3. The molecule has 0 aliphatic rings. The summed E-state index contributed by atoms with van der Waals surface area (Å²) in [7, 11) is 1.49. The van der Waals surface area contributed by atoms with Crippen molar-refractivity contribution in [3.63, 3.8) is 0 Å². The fourth-order valence-corrected chi connectivity index (χ4v) is 2.61. The quantitative estimate of drug-likeness (QED) is 0.803. The number of carbonyl (C=O) groups excluding carboxylic acids is 1. The number of nitrogens with one attached hydrogen (secondary N) is 1. The Labute approximate surface area is 123 Å². The number of methoxy groups -OCH3 is 1. The summed E-state index contributed by atoms with van der Waals surface area (Å²) in [6.07, 6.45) is 2.98. The lowest BCUT2D eigenvalue weighted by Gasteiger charge is -2.08. The second-order valence-electron chi connectivity index (χ2n) is 4.19. The highest BCUT2D eigenvalue weighted by molar-refractivity contribution is 7.15. The van der Waals surface area contributed by atoms with Gasteiger partial charge >= 0.3 is 0 Å². The largest absolute Gasteiger partial charge is 0.496 e. The third-order valence-corrected chi connectivity index (χ3v) is 3.71. The lowest BCUT2D eigenvalue weighted by molar-refractivity contribution is 0.102. The van der Waals surface area contributed by atoms with E-state index in [1.165, 1.54) is 29.0 Å². The molecule has 21 heavy (non-hydrogen) atoms. The van der Waals surface area contributed by atoms with Crippen LogP contribution >= 0.6 is 11.3 Å². The number of amides is 1. The van der Waals surface area contributed by atoms with Gasteiger partial charge in [0, 0.05) is 11.6 Å². The number of anilines is 1. The number of ether oxygens (including phenoxy) is 1. The molecule has 0 bridgehead atoms. The molecule has 0 saturated heterocycles. The Morgan fingerprint density at radius 3 is 3.00 bits per heavy atom. The standard InChI is InChI=1S/C14H11N3O3S/c1-20-11-5-3-2-4-9(11)12(18)16-10-8-15-14-17(13(10)19)6-7-21-14/h2-8H,1H3,(H,16,18). The van der Waals surface area contributed by atoms with E-state index >= 15 is 0 Å². The van der Waals surface area contributed by atoms with Gasteiger partial charge in [-0.2, -0.15) is 0 Å². The molecule has 1 aromatic carbocycles. The molecule has 0 spiro atoms. The predicted octanol–water partition coefficient (Wildman–Crippen LogP) is 2.02. The molecular weight excluding hydrogens is 290 g/mol. The number of carbonyl (C=O) groups is 1. The van der Waals surface area contributed by atoms with E-state index in [2.05, 4.69) is 10.3 Å². The Morgan fingerprint density at radius 1 is 1.38 bits per heavy atom. The first-order chi connectivity index (χ1) is 10.2. The van der Waals surface area contributed by atoms with E-state index < -0.39 is 5.91 Å². The summed E-state index contributed by atoms with van der Waals surface area (Å²) in [6, 6.07) is 6.80. The lowest BCUT2D eigenvalue weighted by atomic mass is 10.2. The Morgan fingerprint density at radius 2 is 2.19 bits per heavy atom. The average molecular weight is 301 g/mol. The molecule has 1 amide bonds. The summed E-state index contributed by atoms with van der Waals surface area (Å²) < 4.78 is 6.53. The molecule has 3 aromatic rings. The van der Waals surface area contributed by atoms with Gasteiger partial charge in [-0.3, -0.25) is 14.0 Å². The van der Waals surface area contributed by atoms with Crippen LogP contribution in [0.5, 0.6) is 5.75 Å². The molecular formula is C14H11N3O3S. The minimum Gasteiger partial charge on any atom is -0.496 e. The molecule has 0 aliphatic carbocycles. The van der Waals surface area contributed by atoms with Crippen molar-refractivity contribution >= 4 is 27.9 Å². The van der Waals surface area contributed by atoms with Gasteiger partial charge in [0.1, 0.15) is 11.4 Å². The molecule has 6 nitrogen and oxygen atoms in total. The van der Waals surface area contributed by atoms with Gasteiger partial charge in [-0.25, -0.2) is 4.98 Å². The van der Waals surface area contributed by atoms with E-state index in [9.17, 15) is 9.59 Å². The van der Waals surface area contributed by atoms with Crippen molar-refractivity contribution in [1.29, 1.82) is 0 Å². The molecule has 0 unspecified atom stereocenters. The fraction of sp³-hybridized carbons (Fsp3) is 0.0714. The van der Waals surface area contributed by atoms with E-state index in [1.54, 1.807) is 35.8 Å². The molecule has 3 rings (SSSR count). The van der Waals surface area contributed by atoms with Crippen LogP contribution in [-0.2, 0) is 0 Å². The summed E-state index contributed by atoms with van der Waals surface area (Å²) >= 11 is 1.35. The molecule has 0 fully saturated rings. The maximum absolute atomic E-state index is 12.3. The zero-order valence-corrected chi connectivity index (χ0v) is 11.9. The summed E-state index contributed by atoms with van der Waals surface area (Å²) in [6.45, 7) is 0. The summed E-state index contributed by atoms with van der Waals surface area (Å²) in [5.41, 5.74) is 0.168. The Kier molecular flexibility index (Phi) is 3.41. The van der Waals surface area contributed by atoms with Crippen molar-refractivity contribution < 1.29 is 9.53 Å². The number of fused-ring (bicyclic) bond motifs is 1. The summed E-state index contributed by atoms with van der Waals surface area (Å²) in [5, 5.41) is 4.33. The average Bonchev–Trinajstić information content (AvgIpc) is 2.99. The van der Waals surface area contributed by atoms with Crippen LogP contribution < -0.4 is 15.6 Å². The Hall–Kier alpha value is -2.67. The highest BCUT2D eigenvalue weighted by Gasteiger charge is 2.14. The van der Waals surface area contributed by atoms with Crippen molar-refractivity contribution in [2.75, 3.05) is 12.4 Å². The topological polar surface area (TPSA) is 72.7 Å². The maximum Gasteiger partial charge on any atom is 0.282 e. The Bertz CT molecular complexity index is 869. The van der Waals surface area contributed by atoms with Crippen LogP contribution in [0.4, 0.5) is 5.69 Å². The zero-order chi connectivity index (χ0) is 14.8. The molecule has 2 heterocycles. The molecule has 0 saturated carbocycles. The van der Waals surface area contributed by atoms with Gasteiger partial charge in [-0.15, -0.1) is 11.3 Å². The third kappa shape index (κ3) is 2.38. The fourth-order valence-electron chi connectivity index (χ4n) is 1.93. The lowest BCUT2D eigenvalue weighted by Crippen LogP contribution is -2.22. The van der Waals surface area contributed by atoms with Crippen LogP contribution in [0.1, 0.15) is 10.4 Å². The van der Waals surface area contributed by atoms with E-state index in [-0.39, 0.29) is 11.2 Å². The van der Waals surface area contributed by atoms with Crippen LogP contribution in [0, 0.1) is 0 Å². The van der Waals surface area contributed by atoms with Gasteiger partial charge in [-0.05, 0) is 12.1 Å². The number of para-hydroxylation sites is 1. The van der Waals surface area contributed by atoms with Crippen LogP contribution in [0.15, 0.2) is 46.8 Å². The number of thiazole rings is 1. The van der Waals surface area contributed by atoms with Crippen molar-refractivity contribution in [2.24, 2.45) is 0 Å². The molecule has 1 N–H and O–H groups in total. The smallest absolute Gasteiger partial charge is 0.282 e. The molecule has 0 radical (unpaired) electrons. The van der Waals surface area contributed by atoms with Crippen molar-refractivity contribution in [2.45, 2.75) is 0 Å². The second-order valence-corrected chi connectivity index (χ2v) is 5.06. The summed E-state index contributed by atoms with van der Waals surface area (Å²) in [5.74, 6) is 0.0289. The molecule has 0 atom stereocenters. The predicted molar refractivity (Wildman–Crippen MR) is 80.3 cm³/mol. The van der Waals surface area contributed by atoms with E-state index in [0.29, 0.717) is 16.3 Å². The van der Waals surface area contributed by atoms with Crippen LogP contribution in [0.25, 0.3) is 4.96 Å². The normalized spacial score (nSPS) is 10.5. The molecule has 2 aromatic heterocycles. The van der Waals surface area contributed by atoms with Crippen molar-refractivity contribution in [3.8, 4) is 5.75 Å². The first-order valence-electron chi connectivity index (χ1n) is 6.10. The first kappa shape index (κ1) is 13.3. The highest BCUT2D eigenvalue weighted by atomic mass is 32.1. The van der Waals surface area contributed by atoms with E-state index in [1.807, 2.05) is 0 Å². The molecule has 7 heteroatoms. The van der Waals surface area contributed by atoms with Crippen LogP contribution in [-0.4, -0.2) is 22.4 Å². The number of hydrogen-bond donors (Lipinski definition) is 1. The number of hydrogen-bond acceptors (Lipinski definition) is 5. The van der Waals surface area contributed by atoms with Gasteiger partial charge in [0.05, 0.1) is 18.9 Å². The first-order valence-corrected chi connectivity index (χ1v) is 6.98. The van der Waals surface area contributed by atoms with Gasteiger partial charge in [0.2, 0.25) is 0 Å². The number of nitrogens with zero attached hydrogens (tertiary/aromatic N) is 2. The van der Waals surface area contributed by atoms with Gasteiger partial charge in [-0.1, -0.05) is 12.1 Å². The third-order valence-electron chi connectivity index (χ3n) is 2.94. The highest BCUT2D eigenvalue weighted by Crippen LogP contribution is 2.18. The monoisotopic (exact) mass is 301 g/mol. The van der Waals surface area contributed by atoms with E-state index in [0.717, 1.165) is 0 Å². The molecule has 106 valence electrons. The SMILES string of the molecule is COc1ccccc1C(=O)Nc1cnc2sccn2c1=O. The van der Waals surface area contributed by atoms with Crippen LogP contribution in [0.2, 0.25) is 0 Å². The van der Waals surface area contributed by atoms with Crippen molar-refractivity contribution in [1.82, 2.24) is 9.38 Å². The van der Waals surface area contributed by atoms with Gasteiger partial charge < -0.3 is 10.1 Å². The van der Waals surface area contributed by atoms with Crippen molar-refractivity contribution in [3.05, 3.63) is 58.0 Å². The summed E-state index contributed by atoms with van der Waals surface area (Å²) in [4.78, 5) is 29.2. The minimum absolute atomic E-state index is 0.127. The van der Waals surface area contributed by atoms with Gasteiger partial charge in [0.25, 0.3) is 11.5 Å². The van der Waals surface area contributed by atoms with Gasteiger partial charge in [0.15, 0.2) is 4.96 Å². The van der Waals surface area contributed by atoms with Crippen LogP contribution in [0.3, 0.4) is 0 Å². The Balaban J connectivity index is 1.96. The van der Waals surface area contributed by atoms with E-state index in [4.69, 9.17) is 4.74 Å². The maximum atomic E-state index is 12.3.